The molecule has 3 fully saturated rings. The molecular formula is C22H28O2. The highest BCUT2D eigenvalue weighted by Gasteiger charge is 2.60. The van der Waals surface area contributed by atoms with Crippen LogP contribution in [-0.4, -0.2) is 10.9 Å². The lowest BCUT2D eigenvalue weighted by molar-refractivity contribution is -0.132. The zero-order valence-corrected chi connectivity index (χ0v) is 14.7. The molecule has 0 bridgehead atoms. The van der Waals surface area contributed by atoms with E-state index < -0.39 is 0 Å². The zero-order valence-electron chi connectivity index (χ0n) is 14.7. The molecule has 0 saturated heterocycles. The van der Waals surface area contributed by atoms with E-state index >= 15 is 0 Å². The van der Waals surface area contributed by atoms with Crippen LogP contribution >= 0.6 is 0 Å². The number of Topliss-reactive ketones (excluding diaryl/α,β-unsaturated/α-hetero) is 1. The number of rotatable bonds is 1. The molecule has 5 atom stereocenters. The van der Waals surface area contributed by atoms with E-state index in [9.17, 15) is 9.90 Å². The molecule has 0 aromatic carbocycles. The van der Waals surface area contributed by atoms with Crippen molar-refractivity contribution < 1.29 is 9.90 Å². The molecule has 4 aliphatic rings. The first-order valence-electron chi connectivity index (χ1n) is 9.51. The van der Waals surface area contributed by atoms with Crippen molar-refractivity contribution in [1.82, 2.24) is 0 Å². The van der Waals surface area contributed by atoms with Gasteiger partial charge in [0.15, 0.2) is 0 Å². The van der Waals surface area contributed by atoms with Gasteiger partial charge in [0.2, 0.25) is 0 Å². The fraction of sp³-hybridized carbons (Fsp3) is 0.682. The summed E-state index contributed by atoms with van der Waals surface area (Å²) >= 11 is 0. The molecule has 128 valence electrons. The Morgan fingerprint density at radius 2 is 2.00 bits per heavy atom. The van der Waals surface area contributed by atoms with Crippen molar-refractivity contribution in [3.05, 3.63) is 23.5 Å². The summed E-state index contributed by atoms with van der Waals surface area (Å²) in [4.78, 5) is 12.5. The Labute approximate surface area is 145 Å². The first-order chi connectivity index (χ1) is 11.4. The number of fused-ring (bicyclic) bond motifs is 5. The number of aliphatic hydroxyl groups excluding tert-OH is 1. The van der Waals surface area contributed by atoms with E-state index in [2.05, 4.69) is 19.4 Å². The third-order valence-electron chi connectivity index (χ3n) is 8.10. The lowest BCUT2D eigenvalue weighted by Crippen LogP contribution is -2.51. The van der Waals surface area contributed by atoms with Gasteiger partial charge in [0, 0.05) is 23.7 Å². The molecule has 0 unspecified atom stereocenters. The molecule has 4 aliphatic carbocycles. The van der Waals surface area contributed by atoms with E-state index in [4.69, 9.17) is 6.42 Å². The lowest BCUT2D eigenvalue weighted by atomic mass is 9.46. The van der Waals surface area contributed by atoms with Crippen molar-refractivity contribution >= 4 is 5.78 Å². The standard InChI is InChI=1S/C22H28O2/c1-4-11-22-13-9-14(2)20(24)18(22)6-5-15-16-7-8-19(23)21(16,3)12-10-17(15)22/h1,15-17,24H,2,5-13H2,3H3/t15-,16-,17-,21-,22+/m0/s1. The largest absolute Gasteiger partial charge is 0.508 e. The highest BCUT2D eigenvalue weighted by atomic mass is 16.3. The molecule has 1 N–H and O–H groups in total. The molecule has 0 aliphatic heterocycles. The summed E-state index contributed by atoms with van der Waals surface area (Å²) in [6.45, 7) is 6.26. The number of carbonyl (C=O) groups is 1. The summed E-state index contributed by atoms with van der Waals surface area (Å²) < 4.78 is 0. The minimum atomic E-state index is -0.0972. The average Bonchev–Trinajstić information content (AvgIpc) is 2.87. The zero-order chi connectivity index (χ0) is 17.1. The summed E-state index contributed by atoms with van der Waals surface area (Å²) in [5.41, 5.74) is 1.93. The van der Waals surface area contributed by atoms with Crippen molar-refractivity contribution in [2.45, 2.75) is 64.7 Å². The van der Waals surface area contributed by atoms with E-state index in [1.807, 2.05) is 0 Å². The first-order valence-corrected chi connectivity index (χ1v) is 9.51. The van der Waals surface area contributed by atoms with Gasteiger partial charge >= 0.3 is 0 Å². The third kappa shape index (κ3) is 1.88. The highest BCUT2D eigenvalue weighted by molar-refractivity contribution is 5.87. The molecular weight excluding hydrogens is 296 g/mol. The summed E-state index contributed by atoms with van der Waals surface area (Å²) in [6, 6.07) is 0. The molecule has 0 aromatic rings. The van der Waals surface area contributed by atoms with Gasteiger partial charge in [-0.05, 0) is 73.8 Å². The summed E-state index contributed by atoms with van der Waals surface area (Å²) in [5, 5.41) is 10.7. The maximum absolute atomic E-state index is 12.5. The molecule has 3 saturated carbocycles. The second-order valence-corrected chi connectivity index (χ2v) is 8.80. The van der Waals surface area contributed by atoms with Crippen LogP contribution in [0.2, 0.25) is 0 Å². The Bertz CT molecular complexity index is 679. The predicted molar refractivity (Wildman–Crippen MR) is 95.2 cm³/mol. The molecule has 0 spiro atoms. The third-order valence-corrected chi connectivity index (χ3v) is 8.10. The van der Waals surface area contributed by atoms with Gasteiger partial charge in [0.05, 0.1) is 0 Å². The molecule has 0 aromatic heterocycles. The van der Waals surface area contributed by atoms with Crippen molar-refractivity contribution in [2.24, 2.45) is 28.6 Å². The van der Waals surface area contributed by atoms with E-state index in [1.165, 1.54) is 5.57 Å². The van der Waals surface area contributed by atoms with Gasteiger partial charge in [-0.1, -0.05) is 13.5 Å². The number of allylic oxidation sites excluding steroid dienone is 2. The Hall–Kier alpha value is -1.49. The van der Waals surface area contributed by atoms with Crippen molar-refractivity contribution in [1.29, 1.82) is 0 Å². The smallest absolute Gasteiger partial charge is 0.139 e. The van der Waals surface area contributed by atoms with Crippen molar-refractivity contribution in [3.63, 3.8) is 0 Å². The van der Waals surface area contributed by atoms with Gasteiger partial charge in [-0.2, -0.15) is 0 Å². The van der Waals surface area contributed by atoms with Crippen LogP contribution in [0.25, 0.3) is 0 Å². The topological polar surface area (TPSA) is 37.3 Å². The van der Waals surface area contributed by atoms with Crippen molar-refractivity contribution in [2.75, 3.05) is 0 Å². The summed E-state index contributed by atoms with van der Waals surface area (Å²) in [7, 11) is 0. The monoisotopic (exact) mass is 324 g/mol. The van der Waals surface area contributed by atoms with Crippen LogP contribution in [0.3, 0.4) is 0 Å². The summed E-state index contributed by atoms with van der Waals surface area (Å²) in [5.74, 6) is 5.50. The summed E-state index contributed by atoms with van der Waals surface area (Å²) in [6.07, 6.45) is 14.3. The second-order valence-electron chi connectivity index (χ2n) is 8.80. The Morgan fingerprint density at radius 1 is 1.21 bits per heavy atom. The normalized spacial score (nSPS) is 44.6. The van der Waals surface area contributed by atoms with Crippen LogP contribution in [-0.2, 0) is 4.79 Å². The van der Waals surface area contributed by atoms with E-state index in [1.54, 1.807) is 0 Å². The quantitative estimate of drug-likeness (QED) is 0.692. The molecule has 2 nitrogen and oxygen atoms in total. The average molecular weight is 324 g/mol. The fourth-order valence-corrected chi connectivity index (χ4v) is 6.84. The Morgan fingerprint density at radius 3 is 2.75 bits per heavy atom. The maximum Gasteiger partial charge on any atom is 0.139 e. The molecule has 0 radical (unpaired) electrons. The SMILES string of the molecule is C#CC[C@]12CCC(=C)C(O)=C1CC[C@@H]1[C@@H]2CC[C@]2(C)C(=O)CC[C@@H]12. The maximum atomic E-state index is 12.5. The number of ketones is 1. The van der Waals surface area contributed by atoms with Crippen LogP contribution in [0.5, 0.6) is 0 Å². The minimum absolute atomic E-state index is 0.0457. The van der Waals surface area contributed by atoms with Gasteiger partial charge in [-0.15, -0.1) is 12.3 Å². The van der Waals surface area contributed by atoms with E-state index in [0.29, 0.717) is 29.3 Å². The number of carbonyl (C=O) groups excluding carboxylic acids is 1. The van der Waals surface area contributed by atoms with Gasteiger partial charge in [0.25, 0.3) is 0 Å². The first kappa shape index (κ1) is 16.0. The van der Waals surface area contributed by atoms with E-state index in [-0.39, 0.29) is 10.8 Å². The molecule has 4 rings (SSSR count). The van der Waals surface area contributed by atoms with Crippen LogP contribution in [0.15, 0.2) is 23.5 Å². The Balaban J connectivity index is 1.78. The number of terminal acetylenes is 1. The highest BCUT2D eigenvalue weighted by Crippen LogP contribution is 2.66. The van der Waals surface area contributed by atoms with Crippen LogP contribution in [0, 0.1) is 40.9 Å². The number of hydrogen-bond donors (Lipinski definition) is 1. The minimum Gasteiger partial charge on any atom is -0.508 e. The van der Waals surface area contributed by atoms with Crippen LogP contribution in [0.4, 0.5) is 0 Å². The van der Waals surface area contributed by atoms with Gasteiger partial charge in [0.1, 0.15) is 11.5 Å². The van der Waals surface area contributed by atoms with Gasteiger partial charge in [-0.25, -0.2) is 0 Å². The second kappa shape index (κ2) is 5.25. The molecule has 0 amide bonds. The molecule has 2 heteroatoms. The van der Waals surface area contributed by atoms with Crippen LogP contribution in [0.1, 0.15) is 64.7 Å². The number of aliphatic hydroxyl groups is 1. The lowest BCUT2D eigenvalue weighted by Gasteiger charge is -2.58. The van der Waals surface area contributed by atoms with E-state index in [0.717, 1.165) is 63.4 Å². The van der Waals surface area contributed by atoms with Gasteiger partial charge in [-0.3, -0.25) is 4.79 Å². The fourth-order valence-electron chi connectivity index (χ4n) is 6.84. The predicted octanol–water partition coefficient (Wildman–Crippen LogP) is 4.96. The molecule has 24 heavy (non-hydrogen) atoms. The van der Waals surface area contributed by atoms with Crippen LogP contribution < -0.4 is 0 Å². The molecule has 0 heterocycles. The number of hydrogen-bond acceptors (Lipinski definition) is 2. The Kier molecular flexibility index (Phi) is 3.50. The van der Waals surface area contributed by atoms with Gasteiger partial charge < -0.3 is 5.11 Å². The van der Waals surface area contributed by atoms with Crippen molar-refractivity contribution in [3.8, 4) is 12.3 Å².